The van der Waals surface area contributed by atoms with E-state index in [0.29, 0.717) is 0 Å². The molecule has 4 nitrogen and oxygen atoms in total. The largest absolute Gasteiger partial charge is 0.452 e. The minimum absolute atomic E-state index is 0.180. The van der Waals surface area contributed by atoms with Crippen LogP contribution in [0.1, 0.15) is 30.4 Å². The highest BCUT2D eigenvalue weighted by Gasteiger charge is 2.40. The fraction of sp³-hybridized carbons (Fsp3) is 0.471. The first-order chi connectivity index (χ1) is 11.4. The summed E-state index contributed by atoms with van der Waals surface area (Å²) in [6.07, 6.45) is -2.12. The molecule has 1 aromatic rings. The Morgan fingerprint density at radius 2 is 1.92 bits per heavy atom. The number of carbonyl (C=O) groups is 1. The molecule has 0 radical (unpaired) electrons. The molecule has 1 saturated heterocycles. The molecule has 3 rings (SSSR count). The maximum atomic E-state index is 12.9. The third kappa shape index (κ3) is 3.13. The second-order valence-corrected chi connectivity index (χ2v) is 5.96. The predicted octanol–water partition coefficient (Wildman–Crippen LogP) is 3.00. The summed E-state index contributed by atoms with van der Waals surface area (Å²) >= 11 is 0. The van der Waals surface area contributed by atoms with Crippen molar-refractivity contribution in [3.63, 3.8) is 0 Å². The van der Waals surface area contributed by atoms with Crippen LogP contribution in [0.5, 0.6) is 0 Å². The van der Waals surface area contributed by atoms with Gasteiger partial charge in [0.25, 0.3) is 0 Å². The molecule has 130 valence electrons. The molecule has 2 heterocycles. The van der Waals surface area contributed by atoms with Crippen molar-refractivity contribution in [3.05, 3.63) is 41.3 Å². The molecule has 0 aromatic heterocycles. The Balaban J connectivity index is 1.92. The number of nitrogens with zero attached hydrogens (tertiary/aromatic N) is 1. The Kier molecular flexibility index (Phi) is 4.54. The fourth-order valence-corrected chi connectivity index (χ4v) is 3.16. The first-order valence-electron chi connectivity index (χ1n) is 7.96. The van der Waals surface area contributed by atoms with Crippen molar-refractivity contribution in [1.82, 2.24) is 10.2 Å². The fourth-order valence-electron chi connectivity index (χ4n) is 3.16. The molecule has 1 fully saturated rings. The van der Waals surface area contributed by atoms with E-state index in [-0.39, 0.29) is 22.8 Å². The molecule has 1 atom stereocenters. The number of alkyl halides is 3. The second-order valence-electron chi connectivity index (χ2n) is 5.96. The first kappa shape index (κ1) is 16.8. The lowest BCUT2D eigenvalue weighted by Crippen LogP contribution is -2.43. The Labute approximate surface area is 138 Å². The summed E-state index contributed by atoms with van der Waals surface area (Å²) in [6.45, 7) is 1.51. The number of ketones is 1. The number of ether oxygens (including phenoxy) is 1. The van der Waals surface area contributed by atoms with Gasteiger partial charge in [0.05, 0.1) is 11.1 Å². The van der Waals surface area contributed by atoms with Crippen LogP contribution in [0.4, 0.5) is 13.2 Å². The molecule has 0 amide bonds. The van der Waals surface area contributed by atoms with Crippen molar-refractivity contribution >= 4 is 11.4 Å². The Hall–Kier alpha value is -2.02. The third-order valence-corrected chi connectivity index (χ3v) is 4.36. The molecule has 0 saturated carbocycles. The van der Waals surface area contributed by atoms with Crippen LogP contribution in [0.15, 0.2) is 30.1 Å². The van der Waals surface area contributed by atoms with Gasteiger partial charge in [-0.05, 0) is 30.5 Å². The second kappa shape index (κ2) is 6.47. The lowest BCUT2D eigenvalue weighted by molar-refractivity contribution is -0.137. The zero-order valence-corrected chi connectivity index (χ0v) is 13.3. The number of likely N-dealkylation sites (tertiary alicyclic amines) is 1. The van der Waals surface area contributed by atoms with Crippen molar-refractivity contribution in [2.75, 3.05) is 20.1 Å². The van der Waals surface area contributed by atoms with Gasteiger partial charge in [0.15, 0.2) is 0 Å². The van der Waals surface area contributed by atoms with Crippen LogP contribution in [0.25, 0.3) is 5.57 Å². The van der Waals surface area contributed by atoms with Crippen molar-refractivity contribution in [1.29, 1.82) is 0 Å². The molecule has 0 spiro atoms. The van der Waals surface area contributed by atoms with E-state index >= 15 is 0 Å². The van der Waals surface area contributed by atoms with E-state index in [1.165, 1.54) is 12.1 Å². The van der Waals surface area contributed by atoms with Gasteiger partial charge in [-0.3, -0.25) is 9.69 Å². The smallest absolute Gasteiger partial charge is 0.416 e. The molecule has 0 aliphatic carbocycles. The Morgan fingerprint density at radius 3 is 2.54 bits per heavy atom. The van der Waals surface area contributed by atoms with Gasteiger partial charge in [0, 0.05) is 20.1 Å². The summed E-state index contributed by atoms with van der Waals surface area (Å²) in [6, 6.07) is 4.79. The highest BCUT2D eigenvalue weighted by atomic mass is 19.4. The molecular formula is C17H19F3N2O2. The van der Waals surface area contributed by atoms with E-state index in [2.05, 4.69) is 5.32 Å². The molecule has 1 unspecified atom stereocenters. The van der Waals surface area contributed by atoms with Gasteiger partial charge in [0.1, 0.15) is 0 Å². The summed E-state index contributed by atoms with van der Waals surface area (Å²) in [7, 11) is 1.59. The summed E-state index contributed by atoms with van der Waals surface area (Å²) in [5.41, 5.74) is -0.380. The number of benzene rings is 1. The SMILES string of the molecule is CNC1=C(c2cccc(C(F)(F)F)c2)C(=O)C(N2CCCCC2)O1. The van der Waals surface area contributed by atoms with Crippen LogP contribution in [-0.4, -0.2) is 37.0 Å². The van der Waals surface area contributed by atoms with Crippen LogP contribution in [0.3, 0.4) is 0 Å². The maximum Gasteiger partial charge on any atom is 0.416 e. The molecule has 2 aliphatic rings. The highest BCUT2D eigenvalue weighted by molar-refractivity contribution is 6.24. The van der Waals surface area contributed by atoms with Gasteiger partial charge in [-0.15, -0.1) is 0 Å². The van der Waals surface area contributed by atoms with E-state index in [4.69, 9.17) is 4.74 Å². The molecule has 1 aromatic carbocycles. The molecule has 1 N–H and O–H groups in total. The molecule has 0 bridgehead atoms. The molecule has 7 heteroatoms. The van der Waals surface area contributed by atoms with E-state index in [9.17, 15) is 18.0 Å². The first-order valence-corrected chi connectivity index (χ1v) is 7.96. The lowest BCUT2D eigenvalue weighted by atomic mass is 9.99. The average Bonchev–Trinajstić information content (AvgIpc) is 2.91. The summed E-state index contributed by atoms with van der Waals surface area (Å²) in [4.78, 5) is 14.7. The molecular weight excluding hydrogens is 321 g/mol. The summed E-state index contributed by atoms with van der Waals surface area (Å²) in [5, 5.41) is 2.80. The number of Topliss-reactive ketones (excluding diaryl/α,β-unsaturated/α-hetero) is 1. The van der Waals surface area contributed by atoms with E-state index in [0.717, 1.165) is 44.5 Å². The normalized spacial score (nSPS) is 22.7. The van der Waals surface area contributed by atoms with Gasteiger partial charge in [-0.2, -0.15) is 13.2 Å². The lowest BCUT2D eigenvalue weighted by Gasteiger charge is -2.30. The minimum atomic E-state index is -4.45. The van der Waals surface area contributed by atoms with Crippen LogP contribution in [0.2, 0.25) is 0 Å². The van der Waals surface area contributed by atoms with Crippen LogP contribution in [-0.2, 0) is 15.7 Å². The Morgan fingerprint density at radius 1 is 1.21 bits per heavy atom. The number of piperidine rings is 1. The topological polar surface area (TPSA) is 41.6 Å². The predicted molar refractivity (Wildman–Crippen MR) is 82.7 cm³/mol. The quantitative estimate of drug-likeness (QED) is 0.918. The summed E-state index contributed by atoms with van der Waals surface area (Å²) in [5.74, 6) is -0.0597. The number of rotatable bonds is 3. The number of hydrogen-bond donors (Lipinski definition) is 1. The standard InChI is InChI=1S/C17H19F3N2O2/c1-21-15-13(11-6-5-7-12(10-11)17(18,19)20)14(23)16(24-15)22-8-3-2-4-9-22/h5-7,10,16,21H,2-4,8-9H2,1H3. The maximum absolute atomic E-state index is 12.9. The van der Waals surface area contributed by atoms with Crippen molar-refractivity contribution in [3.8, 4) is 0 Å². The zero-order chi connectivity index (χ0) is 17.3. The van der Waals surface area contributed by atoms with Crippen molar-refractivity contribution in [2.24, 2.45) is 0 Å². The number of nitrogens with one attached hydrogen (secondary N) is 1. The summed E-state index contributed by atoms with van der Waals surface area (Å²) < 4.78 is 44.5. The van der Waals surface area contributed by atoms with Gasteiger partial charge in [0.2, 0.25) is 17.9 Å². The molecule has 2 aliphatic heterocycles. The highest BCUT2D eigenvalue weighted by Crippen LogP contribution is 2.35. The van der Waals surface area contributed by atoms with Gasteiger partial charge < -0.3 is 10.1 Å². The average molecular weight is 340 g/mol. The van der Waals surface area contributed by atoms with Gasteiger partial charge in [-0.1, -0.05) is 18.6 Å². The monoisotopic (exact) mass is 340 g/mol. The van der Waals surface area contributed by atoms with Crippen LogP contribution >= 0.6 is 0 Å². The van der Waals surface area contributed by atoms with Gasteiger partial charge >= 0.3 is 6.18 Å². The third-order valence-electron chi connectivity index (χ3n) is 4.36. The zero-order valence-electron chi connectivity index (χ0n) is 13.3. The van der Waals surface area contributed by atoms with Crippen LogP contribution in [0, 0.1) is 0 Å². The minimum Gasteiger partial charge on any atom is -0.452 e. The number of carbonyl (C=O) groups excluding carboxylic acids is 1. The van der Waals surface area contributed by atoms with Gasteiger partial charge in [-0.25, -0.2) is 0 Å². The van der Waals surface area contributed by atoms with E-state index in [1.54, 1.807) is 7.05 Å². The van der Waals surface area contributed by atoms with E-state index < -0.39 is 18.0 Å². The number of hydrogen-bond acceptors (Lipinski definition) is 4. The Bertz CT molecular complexity index is 664. The number of halogens is 3. The van der Waals surface area contributed by atoms with E-state index in [1.807, 2.05) is 4.90 Å². The molecule has 24 heavy (non-hydrogen) atoms. The van der Waals surface area contributed by atoms with Crippen molar-refractivity contribution in [2.45, 2.75) is 31.7 Å². The van der Waals surface area contributed by atoms with Crippen LogP contribution < -0.4 is 5.32 Å². The van der Waals surface area contributed by atoms with Crippen molar-refractivity contribution < 1.29 is 22.7 Å².